The number of ether oxygens (including phenoxy) is 3. The monoisotopic (exact) mass is 621 g/mol. The second kappa shape index (κ2) is 13.4. The molecular weight excluding hydrogens is 587 g/mol. The van der Waals surface area contributed by atoms with E-state index in [2.05, 4.69) is 9.80 Å². The summed E-state index contributed by atoms with van der Waals surface area (Å²) in [6, 6.07) is 4.44. The maximum Gasteiger partial charge on any atom is 0.416 e. The Morgan fingerprint density at radius 2 is 1.40 bits per heavy atom. The van der Waals surface area contributed by atoms with Crippen molar-refractivity contribution in [3.05, 3.63) is 64.5 Å². The van der Waals surface area contributed by atoms with Crippen LogP contribution in [-0.2, 0) is 28.2 Å². The molecule has 7 nitrogen and oxygen atoms in total. The number of amides is 1. The minimum atomic E-state index is -5.09. The van der Waals surface area contributed by atoms with Gasteiger partial charge in [0.25, 0.3) is 5.91 Å². The molecule has 2 heterocycles. The zero-order chi connectivity index (χ0) is 31.5. The zero-order valence-electron chi connectivity index (χ0n) is 24.0. The number of benzene rings is 2. The Hall–Kier alpha value is -2.94. The van der Waals surface area contributed by atoms with E-state index in [1.54, 1.807) is 14.2 Å². The lowest BCUT2D eigenvalue weighted by Gasteiger charge is -2.42. The van der Waals surface area contributed by atoms with E-state index in [-0.39, 0.29) is 37.0 Å². The summed E-state index contributed by atoms with van der Waals surface area (Å²) in [6.45, 7) is 3.32. The molecule has 0 radical (unpaired) electrons. The van der Waals surface area contributed by atoms with Gasteiger partial charge in [-0.25, -0.2) is 4.39 Å². The number of rotatable bonds is 9. The Morgan fingerprint density at radius 3 is 1.93 bits per heavy atom. The van der Waals surface area contributed by atoms with E-state index < -0.39 is 46.8 Å². The standard InChI is InChI=1S/C29H34F7N3O4/c1-41-24-11-18(4-5-23(24)30)10-22-15-37(6-7-38-16-25(42-2)26(17-38)43-3)8-9-39(22)27(40)19-12-20(28(31,32)33)14-21(13-19)29(34,35)36/h4-5,11-14,22,25-26H,6-10,15-17H2,1-3H3/t22-,25+,26+/m1/s1. The number of carbonyl (C=O) groups is 1. The maximum atomic E-state index is 14.1. The Labute approximate surface area is 245 Å². The molecule has 2 aromatic rings. The Balaban J connectivity index is 1.58. The molecule has 3 atom stereocenters. The number of nitrogens with zero attached hydrogens (tertiary/aromatic N) is 3. The molecule has 14 heteroatoms. The van der Waals surface area contributed by atoms with E-state index in [1.807, 2.05) is 0 Å². The second-order valence-corrected chi connectivity index (χ2v) is 10.7. The fraction of sp³-hybridized carbons (Fsp3) is 0.552. The molecule has 0 spiro atoms. The smallest absolute Gasteiger partial charge is 0.416 e. The first-order valence-corrected chi connectivity index (χ1v) is 13.7. The molecule has 2 saturated heterocycles. The first-order valence-electron chi connectivity index (χ1n) is 13.7. The van der Waals surface area contributed by atoms with Crippen molar-refractivity contribution in [2.45, 2.75) is 37.0 Å². The van der Waals surface area contributed by atoms with Crippen LogP contribution in [0.25, 0.3) is 0 Å². The molecule has 0 bridgehead atoms. The Morgan fingerprint density at radius 1 is 0.814 bits per heavy atom. The van der Waals surface area contributed by atoms with E-state index >= 15 is 0 Å². The van der Waals surface area contributed by atoms with Crippen molar-refractivity contribution >= 4 is 5.91 Å². The average Bonchev–Trinajstić information content (AvgIpc) is 3.38. The molecule has 2 aliphatic rings. The van der Waals surface area contributed by atoms with Crippen LogP contribution < -0.4 is 4.74 Å². The molecule has 4 rings (SSSR count). The number of carbonyl (C=O) groups excluding carboxylic acids is 1. The first-order chi connectivity index (χ1) is 20.2. The molecule has 0 unspecified atom stereocenters. The van der Waals surface area contributed by atoms with E-state index in [1.165, 1.54) is 30.2 Å². The number of hydrogen-bond acceptors (Lipinski definition) is 6. The number of likely N-dealkylation sites (tertiary alicyclic amines) is 1. The highest BCUT2D eigenvalue weighted by atomic mass is 19.4. The third-order valence-electron chi connectivity index (χ3n) is 7.98. The minimum Gasteiger partial charge on any atom is -0.494 e. The van der Waals surface area contributed by atoms with Gasteiger partial charge in [-0.2, -0.15) is 26.3 Å². The summed E-state index contributed by atoms with van der Waals surface area (Å²) in [5.41, 5.74) is -3.23. The fourth-order valence-electron chi connectivity index (χ4n) is 5.65. The van der Waals surface area contributed by atoms with Crippen LogP contribution >= 0.6 is 0 Å². The highest BCUT2D eigenvalue weighted by Gasteiger charge is 2.39. The third kappa shape index (κ3) is 7.97. The van der Waals surface area contributed by atoms with Crippen LogP contribution in [0.2, 0.25) is 0 Å². The van der Waals surface area contributed by atoms with E-state index in [9.17, 15) is 35.5 Å². The predicted octanol–water partition coefficient (Wildman–Crippen LogP) is 4.59. The van der Waals surface area contributed by atoms with Crippen molar-refractivity contribution in [3.63, 3.8) is 0 Å². The highest BCUT2D eigenvalue weighted by molar-refractivity contribution is 5.95. The summed E-state index contributed by atoms with van der Waals surface area (Å²) in [6.07, 6.45) is -10.1. The SMILES string of the molecule is COc1cc(C[C@@H]2CN(CCN3C[C@H](OC)[C@@H](OC)C3)CCN2C(=O)c2cc(C(F)(F)F)cc(C(F)(F)F)c2)ccc1F. The quantitative estimate of drug-likeness (QED) is 0.382. The van der Waals surface area contributed by atoms with Gasteiger partial charge in [-0.3, -0.25) is 14.6 Å². The van der Waals surface area contributed by atoms with Crippen LogP contribution in [0.1, 0.15) is 27.0 Å². The van der Waals surface area contributed by atoms with Gasteiger partial charge in [0.05, 0.1) is 30.4 Å². The molecule has 1 amide bonds. The van der Waals surface area contributed by atoms with Gasteiger partial charge in [0.15, 0.2) is 11.6 Å². The van der Waals surface area contributed by atoms with Crippen LogP contribution in [0, 0.1) is 5.82 Å². The molecule has 2 aliphatic heterocycles. The summed E-state index contributed by atoms with van der Waals surface area (Å²) in [7, 11) is 4.54. The molecule has 238 valence electrons. The Bertz CT molecular complexity index is 1230. The highest BCUT2D eigenvalue weighted by Crippen LogP contribution is 2.37. The Kier molecular flexibility index (Phi) is 10.2. The summed E-state index contributed by atoms with van der Waals surface area (Å²) in [5, 5.41) is 0. The van der Waals surface area contributed by atoms with Crippen LogP contribution in [0.4, 0.5) is 30.7 Å². The second-order valence-electron chi connectivity index (χ2n) is 10.7. The van der Waals surface area contributed by atoms with Crippen molar-refractivity contribution in [2.24, 2.45) is 0 Å². The molecule has 0 aromatic heterocycles. The minimum absolute atomic E-state index is 0.00236. The number of piperazine rings is 1. The van der Waals surface area contributed by atoms with Crippen LogP contribution in [0.5, 0.6) is 5.75 Å². The summed E-state index contributed by atoms with van der Waals surface area (Å²) < 4.78 is 111. The average molecular weight is 622 g/mol. The predicted molar refractivity (Wildman–Crippen MR) is 142 cm³/mol. The summed E-state index contributed by atoms with van der Waals surface area (Å²) >= 11 is 0. The van der Waals surface area contributed by atoms with Gasteiger partial charge in [-0.05, 0) is 42.3 Å². The lowest BCUT2D eigenvalue weighted by Crippen LogP contribution is -2.57. The van der Waals surface area contributed by atoms with Gasteiger partial charge < -0.3 is 19.1 Å². The van der Waals surface area contributed by atoms with Gasteiger partial charge in [0.2, 0.25) is 0 Å². The molecule has 0 saturated carbocycles. The van der Waals surface area contributed by atoms with Crippen molar-refractivity contribution in [1.29, 1.82) is 0 Å². The molecule has 0 N–H and O–H groups in total. The number of methoxy groups -OCH3 is 3. The number of alkyl halides is 6. The molecular formula is C29H34F7N3O4. The maximum absolute atomic E-state index is 14.1. The van der Waals surface area contributed by atoms with Gasteiger partial charge >= 0.3 is 12.4 Å². The van der Waals surface area contributed by atoms with Gasteiger partial charge in [0, 0.05) is 71.6 Å². The van der Waals surface area contributed by atoms with Crippen molar-refractivity contribution in [3.8, 4) is 5.75 Å². The van der Waals surface area contributed by atoms with Gasteiger partial charge in [0.1, 0.15) is 0 Å². The van der Waals surface area contributed by atoms with Crippen molar-refractivity contribution in [1.82, 2.24) is 14.7 Å². The van der Waals surface area contributed by atoms with Crippen LogP contribution in [-0.4, -0.2) is 106 Å². The van der Waals surface area contributed by atoms with E-state index in [0.717, 1.165) is 0 Å². The van der Waals surface area contributed by atoms with Crippen LogP contribution in [0.3, 0.4) is 0 Å². The van der Waals surface area contributed by atoms with Crippen molar-refractivity contribution < 1.29 is 49.7 Å². The lowest BCUT2D eigenvalue weighted by atomic mass is 9.99. The fourth-order valence-corrected chi connectivity index (χ4v) is 5.65. The largest absolute Gasteiger partial charge is 0.494 e. The molecule has 2 aromatic carbocycles. The molecule has 43 heavy (non-hydrogen) atoms. The topological polar surface area (TPSA) is 54.5 Å². The summed E-state index contributed by atoms with van der Waals surface area (Å²) in [4.78, 5) is 19.2. The van der Waals surface area contributed by atoms with E-state index in [4.69, 9.17) is 14.2 Å². The molecule has 0 aliphatic carbocycles. The van der Waals surface area contributed by atoms with Crippen molar-refractivity contribution in [2.75, 3.05) is 67.1 Å². The van der Waals surface area contributed by atoms with Gasteiger partial charge in [-0.1, -0.05) is 6.07 Å². The first kappa shape index (κ1) is 33.0. The molecule has 2 fully saturated rings. The number of hydrogen-bond donors (Lipinski definition) is 0. The lowest BCUT2D eigenvalue weighted by molar-refractivity contribution is -0.143. The third-order valence-corrected chi connectivity index (χ3v) is 7.98. The number of halogens is 7. The zero-order valence-corrected chi connectivity index (χ0v) is 24.0. The normalized spacial score (nSPS) is 22.3. The van der Waals surface area contributed by atoms with Gasteiger partial charge in [-0.15, -0.1) is 0 Å². The summed E-state index contributed by atoms with van der Waals surface area (Å²) in [5.74, 6) is -1.56. The van der Waals surface area contributed by atoms with Crippen LogP contribution in [0.15, 0.2) is 36.4 Å². The van der Waals surface area contributed by atoms with E-state index in [0.29, 0.717) is 57.0 Å².